The Hall–Kier alpha value is -1.62. The van der Waals surface area contributed by atoms with Gasteiger partial charge >= 0.3 is 6.03 Å². The third-order valence-corrected chi connectivity index (χ3v) is 3.12. The SMILES string of the molecule is Cc1cccnc1NC(=O)N[C@@H](C)[C@H]1CCCO1. The minimum absolute atomic E-state index is 0.0107. The van der Waals surface area contributed by atoms with Gasteiger partial charge in [0.2, 0.25) is 0 Å². The van der Waals surface area contributed by atoms with Gasteiger partial charge in [0.1, 0.15) is 5.82 Å². The number of ether oxygens (including phenoxy) is 1. The van der Waals surface area contributed by atoms with Crippen molar-refractivity contribution >= 4 is 11.8 Å². The summed E-state index contributed by atoms with van der Waals surface area (Å²) in [6.45, 7) is 4.66. The van der Waals surface area contributed by atoms with E-state index in [9.17, 15) is 4.79 Å². The highest BCUT2D eigenvalue weighted by Gasteiger charge is 2.23. The Balaban J connectivity index is 1.86. The zero-order valence-corrected chi connectivity index (χ0v) is 10.8. The number of hydrogen-bond acceptors (Lipinski definition) is 3. The van der Waals surface area contributed by atoms with E-state index in [1.54, 1.807) is 6.20 Å². The standard InChI is InChI=1S/C13H19N3O2/c1-9-5-3-7-14-12(9)16-13(17)15-10(2)11-6-4-8-18-11/h3,5,7,10-11H,4,6,8H2,1-2H3,(H2,14,15,16,17)/t10-,11+/m0/s1. The molecule has 5 heteroatoms. The van der Waals surface area contributed by atoms with Crippen LogP contribution in [0.25, 0.3) is 0 Å². The Morgan fingerprint density at radius 3 is 3.11 bits per heavy atom. The molecule has 0 unspecified atom stereocenters. The summed E-state index contributed by atoms with van der Waals surface area (Å²) < 4.78 is 5.53. The Morgan fingerprint density at radius 2 is 2.44 bits per heavy atom. The maximum Gasteiger partial charge on any atom is 0.320 e. The van der Waals surface area contributed by atoms with Crippen LogP contribution in [-0.2, 0) is 4.74 Å². The molecule has 18 heavy (non-hydrogen) atoms. The fraction of sp³-hybridized carbons (Fsp3) is 0.538. The molecule has 1 aromatic rings. The lowest BCUT2D eigenvalue weighted by molar-refractivity contribution is 0.0868. The Morgan fingerprint density at radius 1 is 1.61 bits per heavy atom. The first kappa shape index (κ1) is 12.8. The predicted octanol–water partition coefficient (Wildman–Crippen LogP) is 2.08. The molecule has 1 fully saturated rings. The molecule has 0 bridgehead atoms. The first-order valence-electron chi connectivity index (χ1n) is 6.27. The van der Waals surface area contributed by atoms with E-state index < -0.39 is 0 Å². The molecular formula is C13H19N3O2. The van der Waals surface area contributed by atoms with E-state index in [4.69, 9.17) is 4.74 Å². The second kappa shape index (κ2) is 5.82. The van der Waals surface area contributed by atoms with Crippen LogP contribution in [0.2, 0.25) is 0 Å². The predicted molar refractivity (Wildman–Crippen MR) is 69.6 cm³/mol. The summed E-state index contributed by atoms with van der Waals surface area (Å²) in [6.07, 6.45) is 3.86. The third kappa shape index (κ3) is 3.20. The highest BCUT2D eigenvalue weighted by molar-refractivity contribution is 5.89. The summed E-state index contributed by atoms with van der Waals surface area (Å²) in [4.78, 5) is 15.9. The molecule has 1 aromatic heterocycles. The molecule has 2 heterocycles. The fourth-order valence-corrected chi connectivity index (χ4v) is 2.06. The first-order chi connectivity index (χ1) is 8.66. The molecule has 2 rings (SSSR count). The van der Waals surface area contributed by atoms with Gasteiger partial charge in [-0.15, -0.1) is 0 Å². The number of amides is 2. The van der Waals surface area contributed by atoms with Crippen LogP contribution in [0.5, 0.6) is 0 Å². The molecule has 98 valence electrons. The van der Waals surface area contributed by atoms with Gasteiger partial charge in [0.15, 0.2) is 0 Å². The topological polar surface area (TPSA) is 63.2 Å². The van der Waals surface area contributed by atoms with Gasteiger partial charge in [0.25, 0.3) is 0 Å². The van der Waals surface area contributed by atoms with Crippen LogP contribution >= 0.6 is 0 Å². The lowest BCUT2D eigenvalue weighted by atomic mass is 10.1. The van der Waals surface area contributed by atoms with Gasteiger partial charge in [-0.2, -0.15) is 0 Å². The molecule has 2 atom stereocenters. The van der Waals surface area contributed by atoms with E-state index in [2.05, 4.69) is 15.6 Å². The van der Waals surface area contributed by atoms with Gasteiger partial charge in [-0.05, 0) is 38.3 Å². The van der Waals surface area contributed by atoms with Gasteiger partial charge in [-0.3, -0.25) is 5.32 Å². The Labute approximate surface area is 107 Å². The minimum Gasteiger partial charge on any atom is -0.376 e. The van der Waals surface area contributed by atoms with Crippen molar-refractivity contribution in [3.63, 3.8) is 0 Å². The number of rotatable bonds is 3. The molecule has 0 aromatic carbocycles. The summed E-state index contributed by atoms with van der Waals surface area (Å²) in [7, 11) is 0. The van der Waals surface area contributed by atoms with Gasteiger partial charge in [0, 0.05) is 12.8 Å². The summed E-state index contributed by atoms with van der Waals surface area (Å²) in [5, 5.41) is 5.63. The number of anilines is 1. The monoisotopic (exact) mass is 249 g/mol. The van der Waals surface area contributed by atoms with Crippen molar-refractivity contribution in [1.82, 2.24) is 10.3 Å². The lowest BCUT2D eigenvalue weighted by Gasteiger charge is -2.20. The molecule has 2 amide bonds. The molecule has 2 N–H and O–H groups in total. The van der Waals surface area contributed by atoms with Crippen molar-refractivity contribution in [1.29, 1.82) is 0 Å². The molecule has 5 nitrogen and oxygen atoms in total. The molecule has 0 aliphatic carbocycles. The minimum atomic E-state index is -0.236. The smallest absolute Gasteiger partial charge is 0.320 e. The number of carbonyl (C=O) groups excluding carboxylic acids is 1. The fourth-order valence-electron chi connectivity index (χ4n) is 2.06. The van der Waals surface area contributed by atoms with Gasteiger partial charge < -0.3 is 10.1 Å². The normalized spacial score (nSPS) is 20.4. The van der Waals surface area contributed by atoms with E-state index in [1.807, 2.05) is 26.0 Å². The molecule has 1 aliphatic heterocycles. The average molecular weight is 249 g/mol. The summed E-state index contributed by atoms with van der Waals surface area (Å²) in [5.74, 6) is 0.592. The highest BCUT2D eigenvalue weighted by Crippen LogP contribution is 2.15. The lowest BCUT2D eigenvalue weighted by Crippen LogP contribution is -2.43. The summed E-state index contributed by atoms with van der Waals surface area (Å²) >= 11 is 0. The van der Waals surface area contributed by atoms with Crippen molar-refractivity contribution < 1.29 is 9.53 Å². The largest absolute Gasteiger partial charge is 0.376 e. The van der Waals surface area contributed by atoms with Crippen LogP contribution < -0.4 is 10.6 Å². The summed E-state index contributed by atoms with van der Waals surface area (Å²) in [6, 6.07) is 3.52. The van der Waals surface area contributed by atoms with Crippen molar-refractivity contribution in [2.45, 2.75) is 38.8 Å². The van der Waals surface area contributed by atoms with Crippen LogP contribution in [-0.4, -0.2) is 29.8 Å². The van der Waals surface area contributed by atoms with Crippen molar-refractivity contribution in [2.75, 3.05) is 11.9 Å². The molecule has 0 spiro atoms. The average Bonchev–Trinajstić information content (AvgIpc) is 2.85. The second-order valence-corrected chi connectivity index (χ2v) is 4.61. The number of nitrogens with one attached hydrogen (secondary N) is 2. The van der Waals surface area contributed by atoms with E-state index >= 15 is 0 Å². The molecule has 1 aliphatic rings. The van der Waals surface area contributed by atoms with Crippen molar-refractivity contribution in [3.8, 4) is 0 Å². The van der Waals surface area contributed by atoms with Gasteiger partial charge in [-0.25, -0.2) is 9.78 Å². The Bertz CT molecular complexity index is 416. The van der Waals surface area contributed by atoms with Crippen LogP contribution in [0, 0.1) is 6.92 Å². The number of aromatic nitrogens is 1. The van der Waals surface area contributed by atoms with E-state index in [-0.39, 0.29) is 18.2 Å². The number of nitrogens with zero attached hydrogens (tertiary/aromatic N) is 1. The maximum atomic E-state index is 11.8. The molecular weight excluding hydrogens is 230 g/mol. The van der Waals surface area contributed by atoms with Gasteiger partial charge in [-0.1, -0.05) is 6.07 Å². The van der Waals surface area contributed by atoms with E-state index in [1.165, 1.54) is 0 Å². The molecule has 0 saturated carbocycles. The first-order valence-corrected chi connectivity index (χ1v) is 6.27. The van der Waals surface area contributed by atoms with Crippen LogP contribution in [0.3, 0.4) is 0 Å². The van der Waals surface area contributed by atoms with Gasteiger partial charge in [0.05, 0.1) is 12.1 Å². The number of carbonyl (C=O) groups is 1. The van der Waals surface area contributed by atoms with Crippen LogP contribution in [0.1, 0.15) is 25.3 Å². The zero-order chi connectivity index (χ0) is 13.0. The third-order valence-electron chi connectivity index (χ3n) is 3.12. The van der Waals surface area contributed by atoms with Crippen LogP contribution in [0.15, 0.2) is 18.3 Å². The molecule has 0 radical (unpaired) electrons. The Kier molecular flexibility index (Phi) is 4.15. The quantitative estimate of drug-likeness (QED) is 0.862. The number of hydrogen-bond donors (Lipinski definition) is 2. The number of urea groups is 1. The van der Waals surface area contributed by atoms with Crippen LogP contribution in [0.4, 0.5) is 10.6 Å². The maximum absolute atomic E-state index is 11.8. The zero-order valence-electron chi connectivity index (χ0n) is 10.8. The number of pyridine rings is 1. The van der Waals surface area contributed by atoms with Crippen molar-refractivity contribution in [3.05, 3.63) is 23.9 Å². The number of aryl methyl sites for hydroxylation is 1. The second-order valence-electron chi connectivity index (χ2n) is 4.61. The van der Waals surface area contributed by atoms with E-state index in [0.717, 1.165) is 25.0 Å². The summed E-state index contributed by atoms with van der Waals surface area (Å²) in [5.41, 5.74) is 0.942. The van der Waals surface area contributed by atoms with E-state index in [0.29, 0.717) is 5.82 Å². The highest BCUT2D eigenvalue weighted by atomic mass is 16.5. The molecule has 1 saturated heterocycles. The van der Waals surface area contributed by atoms with Crippen molar-refractivity contribution in [2.24, 2.45) is 0 Å².